The molecule has 0 saturated heterocycles. The van der Waals surface area contributed by atoms with Gasteiger partial charge in [-0.1, -0.05) is 85.0 Å². The van der Waals surface area contributed by atoms with Crippen LogP contribution >= 0.6 is 34.9 Å². The Morgan fingerprint density at radius 3 is 2.44 bits per heavy atom. The van der Waals surface area contributed by atoms with Crippen LogP contribution in [0, 0.1) is 5.92 Å². The zero-order valence-electron chi connectivity index (χ0n) is 15.2. The van der Waals surface area contributed by atoms with E-state index in [0.717, 1.165) is 15.1 Å². The summed E-state index contributed by atoms with van der Waals surface area (Å²) in [5, 5.41) is 11.4. The standard InChI is InChI=1S/C19H23N3O2S3/c1-13-7-5-6-10-15(13)20-17(24)12-26-19-22-21-18(27-19)25-11-16(23)14-8-3-2-4-9-14/h2-4,8-9,13,15H,5-7,10-12H2,1H3,(H,20,24)/t13-,15-/m0/s1. The molecule has 144 valence electrons. The number of thioether (sulfide) groups is 2. The second kappa shape index (κ2) is 10.2. The van der Waals surface area contributed by atoms with E-state index in [0.29, 0.717) is 29.0 Å². The van der Waals surface area contributed by atoms with Crippen LogP contribution in [0.2, 0.25) is 0 Å². The SMILES string of the molecule is C[C@H]1CCCC[C@@H]1NC(=O)CSc1nnc(SCC(=O)c2ccccc2)s1. The summed E-state index contributed by atoms with van der Waals surface area (Å²) in [6.07, 6.45) is 4.73. The zero-order chi connectivity index (χ0) is 19.1. The minimum atomic E-state index is 0.0578. The summed E-state index contributed by atoms with van der Waals surface area (Å²) in [5.41, 5.74) is 0.706. The largest absolute Gasteiger partial charge is 0.352 e. The molecule has 1 fully saturated rings. The number of Topliss-reactive ketones (excluding diaryl/α,β-unsaturated/α-hetero) is 1. The van der Waals surface area contributed by atoms with Crippen molar-refractivity contribution in [1.82, 2.24) is 15.5 Å². The van der Waals surface area contributed by atoms with Gasteiger partial charge in [0.25, 0.3) is 0 Å². The number of aromatic nitrogens is 2. The molecule has 1 aromatic heterocycles. The van der Waals surface area contributed by atoms with Gasteiger partial charge in [0.05, 0.1) is 11.5 Å². The van der Waals surface area contributed by atoms with E-state index in [2.05, 4.69) is 22.4 Å². The summed E-state index contributed by atoms with van der Waals surface area (Å²) < 4.78 is 1.51. The molecule has 3 rings (SSSR count). The number of hydrogen-bond donors (Lipinski definition) is 1. The molecule has 0 bridgehead atoms. The van der Waals surface area contributed by atoms with Crippen molar-refractivity contribution in [3.05, 3.63) is 35.9 Å². The number of nitrogens with one attached hydrogen (secondary N) is 1. The van der Waals surface area contributed by atoms with Crippen molar-refractivity contribution in [1.29, 1.82) is 0 Å². The van der Waals surface area contributed by atoms with Crippen molar-refractivity contribution in [2.24, 2.45) is 5.92 Å². The average molecular weight is 422 g/mol. The first-order chi connectivity index (χ1) is 13.1. The van der Waals surface area contributed by atoms with Gasteiger partial charge in [0.15, 0.2) is 14.5 Å². The Bertz CT molecular complexity index is 767. The number of ketones is 1. The van der Waals surface area contributed by atoms with Gasteiger partial charge in [0, 0.05) is 11.6 Å². The van der Waals surface area contributed by atoms with Crippen LogP contribution in [0.3, 0.4) is 0 Å². The summed E-state index contributed by atoms with van der Waals surface area (Å²) in [5.74, 6) is 1.38. The smallest absolute Gasteiger partial charge is 0.230 e. The number of amides is 1. The normalized spacial score (nSPS) is 19.6. The molecule has 1 aliphatic rings. The first-order valence-electron chi connectivity index (χ1n) is 9.08. The third kappa shape index (κ3) is 6.33. The van der Waals surface area contributed by atoms with Crippen molar-refractivity contribution in [3.8, 4) is 0 Å². The lowest BCUT2D eigenvalue weighted by molar-refractivity contribution is -0.119. The maximum atomic E-state index is 12.2. The van der Waals surface area contributed by atoms with Gasteiger partial charge in [-0.15, -0.1) is 10.2 Å². The molecule has 1 aliphatic carbocycles. The van der Waals surface area contributed by atoms with Crippen LogP contribution in [0.5, 0.6) is 0 Å². The lowest BCUT2D eigenvalue weighted by Gasteiger charge is -2.29. The van der Waals surface area contributed by atoms with Crippen molar-refractivity contribution < 1.29 is 9.59 Å². The van der Waals surface area contributed by atoms with Gasteiger partial charge in [-0.25, -0.2) is 0 Å². The van der Waals surface area contributed by atoms with E-state index in [9.17, 15) is 9.59 Å². The maximum absolute atomic E-state index is 12.2. The highest BCUT2D eigenvalue weighted by atomic mass is 32.2. The van der Waals surface area contributed by atoms with Gasteiger partial charge < -0.3 is 5.32 Å². The Hall–Kier alpha value is -1.38. The quantitative estimate of drug-likeness (QED) is 0.506. The first kappa shape index (κ1) is 20.4. The van der Waals surface area contributed by atoms with E-state index in [1.807, 2.05) is 30.3 Å². The van der Waals surface area contributed by atoms with Gasteiger partial charge in [0.2, 0.25) is 5.91 Å². The summed E-state index contributed by atoms with van der Waals surface area (Å²) in [4.78, 5) is 24.3. The Morgan fingerprint density at radius 1 is 1.07 bits per heavy atom. The second-order valence-corrected chi connectivity index (χ2v) is 10.1. The molecule has 0 radical (unpaired) electrons. The molecule has 27 heavy (non-hydrogen) atoms. The van der Waals surface area contributed by atoms with E-state index >= 15 is 0 Å². The molecule has 8 heteroatoms. The van der Waals surface area contributed by atoms with E-state index in [1.165, 1.54) is 54.1 Å². The van der Waals surface area contributed by atoms with Gasteiger partial charge >= 0.3 is 0 Å². The number of hydrogen-bond acceptors (Lipinski definition) is 7. The Kier molecular flexibility index (Phi) is 7.72. The molecule has 2 aromatic rings. The molecule has 5 nitrogen and oxygen atoms in total. The Balaban J connectivity index is 1.41. The van der Waals surface area contributed by atoms with Crippen molar-refractivity contribution in [3.63, 3.8) is 0 Å². The van der Waals surface area contributed by atoms with Crippen LogP contribution in [0.1, 0.15) is 43.0 Å². The third-order valence-corrected chi connectivity index (χ3v) is 7.78. The van der Waals surface area contributed by atoms with Gasteiger partial charge in [-0.2, -0.15) is 0 Å². The van der Waals surface area contributed by atoms with Crippen LogP contribution < -0.4 is 5.32 Å². The minimum Gasteiger partial charge on any atom is -0.352 e. The van der Waals surface area contributed by atoms with Crippen molar-refractivity contribution >= 4 is 46.6 Å². The Morgan fingerprint density at radius 2 is 1.74 bits per heavy atom. The number of carbonyl (C=O) groups excluding carboxylic acids is 2. The first-order valence-corrected chi connectivity index (χ1v) is 11.9. The fraction of sp³-hybridized carbons (Fsp3) is 0.474. The minimum absolute atomic E-state index is 0.0578. The molecular weight excluding hydrogens is 398 g/mol. The van der Waals surface area contributed by atoms with Crippen LogP contribution in [0.4, 0.5) is 0 Å². The van der Waals surface area contributed by atoms with Crippen molar-refractivity contribution in [2.75, 3.05) is 11.5 Å². The predicted molar refractivity (Wildman–Crippen MR) is 112 cm³/mol. The molecule has 2 atom stereocenters. The Labute approximate surface area is 172 Å². The van der Waals surface area contributed by atoms with Crippen LogP contribution in [0.25, 0.3) is 0 Å². The highest BCUT2D eigenvalue weighted by molar-refractivity contribution is 8.03. The molecule has 1 saturated carbocycles. The number of nitrogens with zero attached hydrogens (tertiary/aromatic N) is 2. The topological polar surface area (TPSA) is 72.0 Å². The molecule has 1 N–H and O–H groups in total. The molecule has 0 aliphatic heterocycles. The van der Waals surface area contributed by atoms with E-state index in [4.69, 9.17) is 0 Å². The lowest BCUT2D eigenvalue weighted by Crippen LogP contribution is -2.41. The summed E-state index contributed by atoms with van der Waals surface area (Å²) >= 11 is 4.22. The number of benzene rings is 1. The highest BCUT2D eigenvalue weighted by Crippen LogP contribution is 2.29. The monoisotopic (exact) mass is 421 g/mol. The molecule has 0 spiro atoms. The maximum Gasteiger partial charge on any atom is 0.230 e. The van der Waals surface area contributed by atoms with E-state index in [1.54, 1.807) is 0 Å². The molecule has 1 aromatic carbocycles. The summed E-state index contributed by atoms with van der Waals surface area (Å²) in [6, 6.07) is 9.54. The van der Waals surface area contributed by atoms with Gasteiger partial charge in [0.1, 0.15) is 0 Å². The molecular formula is C19H23N3O2S3. The van der Waals surface area contributed by atoms with E-state index < -0.39 is 0 Å². The zero-order valence-corrected chi connectivity index (χ0v) is 17.7. The molecule has 1 amide bonds. The summed E-state index contributed by atoms with van der Waals surface area (Å²) in [6.45, 7) is 2.21. The fourth-order valence-corrected chi connectivity index (χ4v) is 5.78. The fourth-order valence-electron chi connectivity index (χ4n) is 3.05. The van der Waals surface area contributed by atoms with Gasteiger partial charge in [-0.3, -0.25) is 9.59 Å². The predicted octanol–water partition coefficient (Wildman–Crippen LogP) is 4.30. The third-order valence-electron chi connectivity index (χ3n) is 4.60. The van der Waals surface area contributed by atoms with E-state index in [-0.39, 0.29) is 11.7 Å². The lowest BCUT2D eigenvalue weighted by atomic mass is 9.86. The average Bonchev–Trinajstić information content (AvgIpc) is 3.15. The van der Waals surface area contributed by atoms with Crippen LogP contribution in [-0.2, 0) is 4.79 Å². The van der Waals surface area contributed by atoms with Crippen molar-refractivity contribution in [2.45, 2.75) is 47.3 Å². The number of rotatable bonds is 8. The van der Waals surface area contributed by atoms with Gasteiger partial charge in [-0.05, 0) is 18.8 Å². The molecule has 1 heterocycles. The summed E-state index contributed by atoms with van der Waals surface area (Å²) in [7, 11) is 0. The van der Waals surface area contributed by atoms with Crippen LogP contribution in [0.15, 0.2) is 39.0 Å². The highest BCUT2D eigenvalue weighted by Gasteiger charge is 2.22. The molecule has 0 unspecified atom stereocenters. The van der Waals surface area contributed by atoms with Crippen LogP contribution in [-0.4, -0.2) is 39.4 Å². The second-order valence-electron chi connectivity index (χ2n) is 6.64. The number of carbonyl (C=O) groups is 2.